The lowest BCUT2D eigenvalue weighted by Gasteiger charge is -2.20. The molecule has 1 amide bonds. The quantitative estimate of drug-likeness (QED) is 0.872. The van der Waals surface area contributed by atoms with Gasteiger partial charge in [0.25, 0.3) is 0 Å². The number of hydrogen-bond donors (Lipinski definition) is 2. The van der Waals surface area contributed by atoms with Gasteiger partial charge < -0.3 is 11.1 Å². The van der Waals surface area contributed by atoms with Gasteiger partial charge in [-0.1, -0.05) is 0 Å². The van der Waals surface area contributed by atoms with Crippen LogP contribution in [0, 0.1) is 0 Å². The van der Waals surface area contributed by atoms with Crippen LogP contribution in [-0.4, -0.2) is 26.0 Å². The molecule has 0 atom stereocenters. The molecule has 0 spiro atoms. The molecule has 6 heteroatoms. The average molecular weight is 261 g/mol. The third kappa shape index (κ3) is 3.21. The lowest BCUT2D eigenvalue weighted by Crippen LogP contribution is -2.40. The molecular weight excluding hydrogens is 242 g/mol. The zero-order valence-electron chi connectivity index (χ0n) is 11.5. The highest BCUT2D eigenvalue weighted by molar-refractivity contribution is 5.77. The number of fused-ring (bicyclic) bond motifs is 1. The number of carbonyl (C=O) groups is 1. The topological polar surface area (TPSA) is 85.8 Å². The van der Waals surface area contributed by atoms with Crippen LogP contribution in [0.1, 0.15) is 27.2 Å². The summed E-state index contributed by atoms with van der Waals surface area (Å²) < 4.78 is 1.76. The number of nitrogens with one attached hydrogen (secondary N) is 1. The Bertz CT molecular complexity index is 597. The van der Waals surface area contributed by atoms with E-state index in [1.807, 2.05) is 32.9 Å². The number of anilines is 1. The molecule has 0 saturated carbocycles. The molecule has 0 fully saturated rings. The van der Waals surface area contributed by atoms with Crippen LogP contribution >= 0.6 is 0 Å². The zero-order valence-corrected chi connectivity index (χ0v) is 11.5. The number of amides is 1. The Morgan fingerprint density at radius 2 is 2.21 bits per heavy atom. The summed E-state index contributed by atoms with van der Waals surface area (Å²) in [6.45, 7) is 6.33. The maximum Gasteiger partial charge on any atom is 0.222 e. The molecule has 6 nitrogen and oxygen atoms in total. The van der Waals surface area contributed by atoms with Crippen LogP contribution in [0.5, 0.6) is 0 Å². The lowest BCUT2D eigenvalue weighted by atomic mass is 10.1. The van der Waals surface area contributed by atoms with E-state index in [0.29, 0.717) is 24.6 Å². The summed E-state index contributed by atoms with van der Waals surface area (Å²) in [6, 6.07) is 3.66. The lowest BCUT2D eigenvalue weighted by molar-refractivity contribution is -0.122. The first-order chi connectivity index (χ1) is 8.87. The molecule has 2 aromatic rings. The summed E-state index contributed by atoms with van der Waals surface area (Å²) in [5, 5.41) is 2.92. The minimum atomic E-state index is -0.224. The Hall–Kier alpha value is -2.11. The predicted molar refractivity (Wildman–Crippen MR) is 74.5 cm³/mol. The fourth-order valence-electron chi connectivity index (χ4n) is 1.89. The Morgan fingerprint density at radius 3 is 2.89 bits per heavy atom. The highest BCUT2D eigenvalue weighted by atomic mass is 16.1. The number of carbonyl (C=O) groups excluding carboxylic acids is 1. The number of pyridine rings is 1. The second-order valence-electron chi connectivity index (χ2n) is 5.52. The van der Waals surface area contributed by atoms with Crippen molar-refractivity contribution < 1.29 is 4.79 Å². The predicted octanol–water partition coefficient (Wildman–Crippen LogP) is 1.32. The van der Waals surface area contributed by atoms with Crippen molar-refractivity contribution in [2.24, 2.45) is 0 Å². The van der Waals surface area contributed by atoms with Crippen LogP contribution < -0.4 is 11.1 Å². The molecule has 0 radical (unpaired) electrons. The molecule has 0 bridgehead atoms. The standard InChI is InChI=1S/C13H19N5O/c1-13(2,3)17-10(19)6-8-18-11-9(16-12(18)14)5-4-7-15-11/h4-5,7H,6,8H2,1-3H3,(H2,14,16)(H,17,19). The monoisotopic (exact) mass is 261 g/mol. The first-order valence-electron chi connectivity index (χ1n) is 6.24. The van der Waals surface area contributed by atoms with Gasteiger partial charge in [0.1, 0.15) is 5.52 Å². The molecule has 2 rings (SSSR count). The largest absolute Gasteiger partial charge is 0.369 e. The van der Waals surface area contributed by atoms with Crippen LogP contribution in [0.25, 0.3) is 11.2 Å². The second kappa shape index (κ2) is 4.87. The van der Waals surface area contributed by atoms with Gasteiger partial charge in [-0.15, -0.1) is 0 Å². The van der Waals surface area contributed by atoms with Crippen LogP contribution in [0.3, 0.4) is 0 Å². The molecule has 3 N–H and O–H groups in total. The number of nitrogens with two attached hydrogens (primary N) is 1. The maximum atomic E-state index is 11.8. The first-order valence-corrected chi connectivity index (χ1v) is 6.24. The third-order valence-electron chi connectivity index (χ3n) is 2.61. The fourth-order valence-corrected chi connectivity index (χ4v) is 1.89. The molecule has 2 aromatic heterocycles. The molecule has 19 heavy (non-hydrogen) atoms. The minimum absolute atomic E-state index is 0.00955. The molecule has 0 aliphatic rings. The van der Waals surface area contributed by atoms with Crippen molar-refractivity contribution in [3.63, 3.8) is 0 Å². The van der Waals surface area contributed by atoms with Gasteiger partial charge in [0.15, 0.2) is 5.65 Å². The Balaban J connectivity index is 2.10. The first kappa shape index (κ1) is 13.3. The number of nitrogen functional groups attached to an aromatic ring is 1. The van der Waals surface area contributed by atoms with Crippen molar-refractivity contribution in [3.05, 3.63) is 18.3 Å². The van der Waals surface area contributed by atoms with Gasteiger partial charge in [-0.3, -0.25) is 9.36 Å². The van der Waals surface area contributed by atoms with Crippen molar-refractivity contribution in [1.29, 1.82) is 0 Å². The number of aromatic nitrogens is 3. The highest BCUT2D eigenvalue weighted by Crippen LogP contribution is 2.15. The Morgan fingerprint density at radius 1 is 1.47 bits per heavy atom. The zero-order chi connectivity index (χ0) is 14.0. The summed E-state index contributed by atoms with van der Waals surface area (Å²) in [6.07, 6.45) is 2.04. The van der Waals surface area contributed by atoms with Crippen LogP contribution in [0.4, 0.5) is 5.95 Å². The van der Waals surface area contributed by atoms with Crippen molar-refractivity contribution in [3.8, 4) is 0 Å². The van der Waals surface area contributed by atoms with Crippen molar-refractivity contribution in [2.75, 3.05) is 5.73 Å². The van der Waals surface area contributed by atoms with E-state index in [9.17, 15) is 4.79 Å². The number of hydrogen-bond acceptors (Lipinski definition) is 4. The van der Waals surface area contributed by atoms with E-state index in [0.717, 1.165) is 5.52 Å². The average Bonchev–Trinajstić information content (AvgIpc) is 2.60. The molecule has 0 aliphatic carbocycles. The summed E-state index contributed by atoms with van der Waals surface area (Å²) in [7, 11) is 0. The Labute approximate surface area is 112 Å². The molecule has 0 aliphatic heterocycles. The van der Waals surface area contributed by atoms with Crippen LogP contribution in [-0.2, 0) is 11.3 Å². The van der Waals surface area contributed by atoms with E-state index in [4.69, 9.17) is 5.73 Å². The number of nitrogens with zero attached hydrogens (tertiary/aromatic N) is 3. The number of aryl methyl sites for hydroxylation is 1. The molecule has 0 aromatic carbocycles. The van der Waals surface area contributed by atoms with E-state index in [1.54, 1.807) is 10.8 Å². The number of imidazole rings is 1. The van der Waals surface area contributed by atoms with Crippen LogP contribution in [0.15, 0.2) is 18.3 Å². The number of rotatable bonds is 3. The van der Waals surface area contributed by atoms with E-state index in [1.165, 1.54) is 0 Å². The summed E-state index contributed by atoms with van der Waals surface area (Å²) >= 11 is 0. The van der Waals surface area contributed by atoms with Gasteiger partial charge in [-0.2, -0.15) is 0 Å². The summed E-state index contributed by atoms with van der Waals surface area (Å²) in [4.78, 5) is 20.3. The van der Waals surface area contributed by atoms with Gasteiger partial charge >= 0.3 is 0 Å². The Kier molecular flexibility index (Phi) is 3.42. The van der Waals surface area contributed by atoms with Crippen molar-refractivity contribution >= 4 is 23.0 Å². The van der Waals surface area contributed by atoms with E-state index in [2.05, 4.69) is 15.3 Å². The minimum Gasteiger partial charge on any atom is -0.369 e. The highest BCUT2D eigenvalue weighted by Gasteiger charge is 2.15. The SMILES string of the molecule is CC(C)(C)NC(=O)CCn1c(N)nc2cccnc21. The summed E-state index contributed by atoms with van der Waals surface area (Å²) in [5.41, 5.74) is 7.08. The van der Waals surface area contributed by atoms with Crippen molar-refractivity contribution in [2.45, 2.75) is 39.3 Å². The smallest absolute Gasteiger partial charge is 0.222 e. The third-order valence-corrected chi connectivity index (χ3v) is 2.61. The summed E-state index contributed by atoms with van der Waals surface area (Å²) in [5.74, 6) is 0.377. The normalized spacial score (nSPS) is 11.7. The van der Waals surface area contributed by atoms with E-state index >= 15 is 0 Å². The maximum absolute atomic E-state index is 11.8. The van der Waals surface area contributed by atoms with Gasteiger partial charge in [-0.25, -0.2) is 9.97 Å². The molecule has 0 saturated heterocycles. The van der Waals surface area contributed by atoms with Gasteiger partial charge in [0.05, 0.1) is 0 Å². The van der Waals surface area contributed by atoms with Gasteiger partial charge in [-0.05, 0) is 32.9 Å². The molecule has 102 valence electrons. The van der Waals surface area contributed by atoms with Crippen LogP contribution in [0.2, 0.25) is 0 Å². The molecule has 0 unspecified atom stereocenters. The molecular formula is C13H19N5O. The second-order valence-corrected chi connectivity index (χ2v) is 5.52. The van der Waals surface area contributed by atoms with Crippen molar-refractivity contribution in [1.82, 2.24) is 19.9 Å². The fraction of sp³-hybridized carbons (Fsp3) is 0.462. The van der Waals surface area contributed by atoms with Gasteiger partial charge in [0, 0.05) is 24.7 Å². The van der Waals surface area contributed by atoms with E-state index in [-0.39, 0.29) is 11.4 Å². The van der Waals surface area contributed by atoms with E-state index < -0.39 is 0 Å². The van der Waals surface area contributed by atoms with Gasteiger partial charge in [0.2, 0.25) is 11.9 Å². The molecule has 2 heterocycles.